The van der Waals surface area contributed by atoms with Gasteiger partial charge >= 0.3 is 0 Å². The van der Waals surface area contributed by atoms with Gasteiger partial charge in [0.15, 0.2) is 0 Å². The van der Waals surface area contributed by atoms with Gasteiger partial charge < -0.3 is 15.0 Å². The van der Waals surface area contributed by atoms with Gasteiger partial charge in [-0.05, 0) is 12.5 Å². The molecular formula is C14H20N4O. The second kappa shape index (κ2) is 6.33. The van der Waals surface area contributed by atoms with E-state index < -0.39 is 0 Å². The van der Waals surface area contributed by atoms with E-state index in [-0.39, 0.29) is 6.04 Å². The van der Waals surface area contributed by atoms with E-state index in [1.165, 1.54) is 0 Å². The third-order valence-electron chi connectivity index (χ3n) is 3.17. The van der Waals surface area contributed by atoms with Crippen molar-refractivity contribution in [3.8, 4) is 11.3 Å². The Bertz CT molecular complexity index is 518. The highest BCUT2D eigenvalue weighted by atomic mass is 16.5. The Morgan fingerprint density at radius 1 is 1.37 bits per heavy atom. The Morgan fingerprint density at radius 2 is 2.21 bits per heavy atom. The van der Waals surface area contributed by atoms with E-state index in [0.29, 0.717) is 12.3 Å². The van der Waals surface area contributed by atoms with Gasteiger partial charge in [0.05, 0.1) is 30.9 Å². The highest BCUT2D eigenvalue weighted by molar-refractivity contribution is 5.72. The smallest absolute Gasteiger partial charge is 0.0954 e. The number of methoxy groups -OCH3 is 1. The van der Waals surface area contributed by atoms with E-state index in [9.17, 15) is 0 Å². The molecule has 0 aliphatic rings. The zero-order valence-electron chi connectivity index (χ0n) is 11.4. The van der Waals surface area contributed by atoms with E-state index in [1.54, 1.807) is 25.6 Å². The molecule has 19 heavy (non-hydrogen) atoms. The lowest BCUT2D eigenvalue weighted by molar-refractivity contribution is 0.151. The second-order valence-electron chi connectivity index (χ2n) is 4.55. The van der Waals surface area contributed by atoms with Gasteiger partial charge in [0.1, 0.15) is 0 Å². The van der Waals surface area contributed by atoms with E-state index in [0.717, 1.165) is 24.1 Å². The average Bonchev–Trinajstić information content (AvgIpc) is 2.88. The minimum Gasteiger partial charge on any atom is -0.398 e. The van der Waals surface area contributed by atoms with Gasteiger partial charge in [-0.25, -0.2) is 4.98 Å². The third-order valence-corrected chi connectivity index (χ3v) is 3.17. The molecule has 0 radical (unpaired) electrons. The highest BCUT2D eigenvalue weighted by Crippen LogP contribution is 2.28. The van der Waals surface area contributed by atoms with Gasteiger partial charge in [0.2, 0.25) is 0 Å². The predicted octanol–water partition coefficient (Wildman–Crippen LogP) is 2.51. The first-order chi connectivity index (χ1) is 9.27. The van der Waals surface area contributed by atoms with Crippen LogP contribution in [0.3, 0.4) is 0 Å². The Hall–Kier alpha value is -1.88. The molecule has 0 aromatic carbocycles. The first-order valence-electron chi connectivity index (χ1n) is 6.48. The second-order valence-corrected chi connectivity index (χ2v) is 4.55. The molecule has 5 heteroatoms. The van der Waals surface area contributed by atoms with Crippen LogP contribution in [0.1, 0.15) is 25.8 Å². The number of nitrogens with zero attached hydrogens (tertiary/aromatic N) is 3. The standard InChI is InChI=1S/C14H20N4O/c1-3-4-11(9-19-2)18-10-17-8-14(18)12-7-16-6-5-13(12)15/h5-8,10-11H,3-4,9H2,1-2H3,(H2,15,16). The van der Waals surface area contributed by atoms with E-state index in [1.807, 2.05) is 12.5 Å². The molecule has 1 atom stereocenters. The Kier molecular flexibility index (Phi) is 4.52. The highest BCUT2D eigenvalue weighted by Gasteiger charge is 2.16. The van der Waals surface area contributed by atoms with Crippen molar-refractivity contribution in [1.82, 2.24) is 14.5 Å². The number of anilines is 1. The SMILES string of the molecule is CCCC(COC)n1cncc1-c1cnccc1N. The maximum absolute atomic E-state index is 6.02. The van der Waals surface area contributed by atoms with Gasteiger partial charge in [-0.1, -0.05) is 13.3 Å². The molecule has 0 aliphatic heterocycles. The van der Waals surface area contributed by atoms with E-state index >= 15 is 0 Å². The Labute approximate surface area is 113 Å². The summed E-state index contributed by atoms with van der Waals surface area (Å²) in [4.78, 5) is 8.39. The van der Waals surface area contributed by atoms with Gasteiger partial charge in [-0.2, -0.15) is 0 Å². The maximum Gasteiger partial charge on any atom is 0.0954 e. The molecule has 0 saturated carbocycles. The average molecular weight is 260 g/mol. The maximum atomic E-state index is 6.02. The zero-order chi connectivity index (χ0) is 13.7. The largest absolute Gasteiger partial charge is 0.398 e. The molecule has 0 aliphatic carbocycles. The first kappa shape index (κ1) is 13.5. The van der Waals surface area contributed by atoms with Crippen LogP contribution in [0.4, 0.5) is 5.69 Å². The van der Waals surface area contributed by atoms with Gasteiger partial charge in [0, 0.05) is 30.8 Å². The molecule has 0 amide bonds. The lowest BCUT2D eigenvalue weighted by Crippen LogP contribution is -2.15. The van der Waals surface area contributed by atoms with Crippen molar-refractivity contribution >= 4 is 5.69 Å². The first-order valence-corrected chi connectivity index (χ1v) is 6.48. The number of hydrogen-bond donors (Lipinski definition) is 1. The molecule has 102 valence electrons. The van der Waals surface area contributed by atoms with Crippen molar-refractivity contribution in [3.05, 3.63) is 31.0 Å². The fourth-order valence-corrected chi connectivity index (χ4v) is 2.25. The molecule has 2 N–H and O–H groups in total. The number of imidazole rings is 1. The van der Waals surface area contributed by atoms with Gasteiger partial charge in [-0.3, -0.25) is 4.98 Å². The summed E-state index contributed by atoms with van der Waals surface area (Å²) < 4.78 is 7.43. The van der Waals surface area contributed by atoms with Crippen LogP contribution in [0.15, 0.2) is 31.0 Å². The van der Waals surface area contributed by atoms with E-state index in [2.05, 4.69) is 21.5 Å². The van der Waals surface area contributed by atoms with Crippen LogP contribution in [0, 0.1) is 0 Å². The minimum absolute atomic E-state index is 0.270. The Balaban J connectivity index is 2.38. The summed E-state index contributed by atoms with van der Waals surface area (Å²) in [7, 11) is 1.72. The molecule has 0 spiro atoms. The number of nitrogens with two attached hydrogens (primary N) is 1. The van der Waals surface area contributed by atoms with E-state index in [4.69, 9.17) is 10.5 Å². The zero-order valence-corrected chi connectivity index (χ0v) is 11.4. The van der Waals surface area contributed by atoms with Crippen molar-refractivity contribution < 1.29 is 4.74 Å². The summed E-state index contributed by atoms with van der Waals surface area (Å²) in [5, 5.41) is 0. The number of rotatable bonds is 6. The molecular weight excluding hydrogens is 240 g/mol. The van der Waals surface area contributed by atoms with Crippen molar-refractivity contribution in [1.29, 1.82) is 0 Å². The van der Waals surface area contributed by atoms with Crippen molar-refractivity contribution in [3.63, 3.8) is 0 Å². The van der Waals surface area contributed by atoms with Crippen molar-refractivity contribution in [2.45, 2.75) is 25.8 Å². The molecule has 2 heterocycles. The number of ether oxygens (including phenoxy) is 1. The third kappa shape index (κ3) is 2.93. The van der Waals surface area contributed by atoms with Crippen LogP contribution in [-0.4, -0.2) is 28.3 Å². The number of hydrogen-bond acceptors (Lipinski definition) is 4. The topological polar surface area (TPSA) is 66.0 Å². The summed E-state index contributed by atoms with van der Waals surface area (Å²) in [6.07, 6.45) is 9.26. The number of nitrogen functional groups attached to an aromatic ring is 1. The molecule has 0 bridgehead atoms. The molecule has 1 unspecified atom stereocenters. The number of aromatic nitrogens is 3. The van der Waals surface area contributed by atoms with Crippen molar-refractivity contribution in [2.24, 2.45) is 0 Å². The summed E-state index contributed by atoms with van der Waals surface area (Å²) in [6.45, 7) is 2.83. The monoisotopic (exact) mass is 260 g/mol. The normalized spacial score (nSPS) is 12.5. The minimum atomic E-state index is 0.270. The lowest BCUT2D eigenvalue weighted by Gasteiger charge is -2.20. The van der Waals surface area contributed by atoms with Crippen LogP contribution in [-0.2, 0) is 4.74 Å². The molecule has 0 fully saturated rings. The van der Waals surface area contributed by atoms with Crippen molar-refractivity contribution in [2.75, 3.05) is 19.5 Å². The fourth-order valence-electron chi connectivity index (χ4n) is 2.25. The molecule has 0 saturated heterocycles. The number of pyridine rings is 1. The van der Waals surface area contributed by atoms with Crippen LogP contribution in [0.2, 0.25) is 0 Å². The molecule has 5 nitrogen and oxygen atoms in total. The molecule has 2 aromatic heterocycles. The fraction of sp³-hybridized carbons (Fsp3) is 0.429. The van der Waals surface area contributed by atoms with Crippen LogP contribution < -0.4 is 5.73 Å². The quantitative estimate of drug-likeness (QED) is 0.866. The van der Waals surface area contributed by atoms with Gasteiger partial charge in [0.25, 0.3) is 0 Å². The van der Waals surface area contributed by atoms with Crippen LogP contribution >= 0.6 is 0 Å². The Morgan fingerprint density at radius 3 is 2.89 bits per heavy atom. The summed E-state index contributed by atoms with van der Waals surface area (Å²) in [6, 6.07) is 2.07. The molecule has 2 aromatic rings. The van der Waals surface area contributed by atoms with Gasteiger partial charge in [-0.15, -0.1) is 0 Å². The summed E-state index contributed by atoms with van der Waals surface area (Å²) >= 11 is 0. The van der Waals surface area contributed by atoms with Crippen LogP contribution in [0.25, 0.3) is 11.3 Å². The summed E-state index contributed by atoms with van der Waals surface area (Å²) in [5.41, 5.74) is 8.63. The predicted molar refractivity (Wildman–Crippen MR) is 75.7 cm³/mol. The van der Waals surface area contributed by atoms with Crippen LogP contribution in [0.5, 0.6) is 0 Å². The lowest BCUT2D eigenvalue weighted by atomic mass is 10.1. The molecule has 2 rings (SSSR count). The summed E-state index contributed by atoms with van der Waals surface area (Å²) in [5.74, 6) is 0.